The fraction of sp³-hybridized carbons (Fsp3) is 0.409. The maximum atomic E-state index is 5.82. The predicted molar refractivity (Wildman–Crippen MR) is 110 cm³/mol. The van der Waals surface area contributed by atoms with Crippen molar-refractivity contribution in [2.45, 2.75) is 28.7 Å². The molecule has 0 radical (unpaired) electrons. The first kappa shape index (κ1) is 17.3. The summed E-state index contributed by atoms with van der Waals surface area (Å²) in [7, 11) is 0. The molecule has 5 rings (SSSR count). The van der Waals surface area contributed by atoms with Gasteiger partial charge in [-0.05, 0) is 31.0 Å². The third-order valence-corrected chi connectivity index (χ3v) is 6.74. The van der Waals surface area contributed by atoms with Gasteiger partial charge in [-0.2, -0.15) is 0 Å². The van der Waals surface area contributed by atoms with E-state index in [1.54, 1.807) is 0 Å². The van der Waals surface area contributed by atoms with Crippen molar-refractivity contribution in [1.82, 2.24) is 9.80 Å². The molecule has 2 aromatic carbocycles. The van der Waals surface area contributed by atoms with Crippen molar-refractivity contribution in [3.8, 4) is 0 Å². The van der Waals surface area contributed by atoms with Crippen LogP contribution >= 0.6 is 11.8 Å². The molecule has 0 saturated carbocycles. The van der Waals surface area contributed by atoms with Crippen LogP contribution in [0.5, 0.6) is 0 Å². The van der Waals surface area contributed by atoms with Gasteiger partial charge in [0.05, 0.1) is 11.8 Å². The standard InChI is InChI=1S/C22H25N3OS/c1-3-9-20-18(7-1)22(23-19-8-2-4-10-21(19)27-20)25-13-11-24(12-14-25)16-17-6-5-15-26-17/h1-4,7-10,17H,5-6,11-16H2. The average Bonchev–Trinajstić information content (AvgIpc) is 3.15. The fourth-order valence-corrected chi connectivity index (χ4v) is 5.15. The van der Waals surface area contributed by atoms with Crippen LogP contribution in [0.2, 0.25) is 0 Å². The zero-order valence-electron chi connectivity index (χ0n) is 15.5. The summed E-state index contributed by atoms with van der Waals surface area (Å²) in [6, 6.07) is 17.1. The van der Waals surface area contributed by atoms with Crippen LogP contribution in [-0.4, -0.2) is 61.1 Å². The van der Waals surface area contributed by atoms with E-state index in [0.29, 0.717) is 6.10 Å². The van der Waals surface area contributed by atoms with E-state index in [9.17, 15) is 0 Å². The Hall–Kier alpha value is -1.82. The molecular weight excluding hydrogens is 354 g/mol. The molecular formula is C22H25N3OS. The largest absolute Gasteiger partial charge is 0.377 e. The van der Waals surface area contributed by atoms with Gasteiger partial charge >= 0.3 is 0 Å². The minimum absolute atomic E-state index is 0.441. The number of hydrogen-bond donors (Lipinski definition) is 0. The van der Waals surface area contributed by atoms with E-state index in [-0.39, 0.29) is 0 Å². The molecule has 2 saturated heterocycles. The van der Waals surface area contributed by atoms with Gasteiger partial charge in [0.2, 0.25) is 0 Å². The number of benzene rings is 2. The highest BCUT2D eigenvalue weighted by Gasteiger charge is 2.27. The number of piperazine rings is 1. The number of fused-ring (bicyclic) bond motifs is 2. The molecule has 3 aliphatic rings. The summed E-state index contributed by atoms with van der Waals surface area (Å²) in [6.45, 7) is 6.22. The van der Waals surface area contributed by atoms with E-state index in [4.69, 9.17) is 9.73 Å². The van der Waals surface area contributed by atoms with Crippen LogP contribution in [0.1, 0.15) is 18.4 Å². The third kappa shape index (κ3) is 3.64. The molecule has 0 amide bonds. The lowest BCUT2D eigenvalue weighted by molar-refractivity contribution is 0.0604. The number of para-hydroxylation sites is 1. The van der Waals surface area contributed by atoms with Crippen LogP contribution in [0, 0.1) is 0 Å². The number of hydrogen-bond acceptors (Lipinski definition) is 5. The summed E-state index contributed by atoms with van der Waals surface area (Å²) in [4.78, 5) is 12.7. The van der Waals surface area contributed by atoms with Crippen molar-refractivity contribution in [1.29, 1.82) is 0 Å². The minimum Gasteiger partial charge on any atom is -0.377 e. The Morgan fingerprint density at radius 3 is 2.56 bits per heavy atom. The van der Waals surface area contributed by atoms with E-state index >= 15 is 0 Å². The molecule has 27 heavy (non-hydrogen) atoms. The van der Waals surface area contributed by atoms with Crippen molar-refractivity contribution in [2.75, 3.05) is 39.3 Å². The molecule has 3 heterocycles. The van der Waals surface area contributed by atoms with Gasteiger partial charge in [-0.25, -0.2) is 4.99 Å². The molecule has 5 heteroatoms. The summed E-state index contributed by atoms with van der Waals surface area (Å²) in [5.74, 6) is 1.12. The summed E-state index contributed by atoms with van der Waals surface area (Å²) in [6.07, 6.45) is 2.87. The average molecular weight is 380 g/mol. The zero-order chi connectivity index (χ0) is 18.1. The Kier molecular flexibility index (Phi) is 4.91. The van der Waals surface area contributed by atoms with Gasteiger partial charge in [0.15, 0.2) is 0 Å². The summed E-state index contributed by atoms with van der Waals surface area (Å²) < 4.78 is 5.82. The molecule has 0 aliphatic carbocycles. The predicted octanol–water partition coefficient (Wildman–Crippen LogP) is 4.03. The van der Waals surface area contributed by atoms with Gasteiger partial charge in [-0.3, -0.25) is 4.90 Å². The van der Waals surface area contributed by atoms with Crippen molar-refractivity contribution in [2.24, 2.45) is 4.99 Å². The highest BCUT2D eigenvalue weighted by atomic mass is 32.2. The van der Waals surface area contributed by atoms with E-state index in [1.807, 2.05) is 11.8 Å². The van der Waals surface area contributed by atoms with E-state index in [2.05, 4.69) is 58.3 Å². The number of rotatable bonds is 2. The summed E-state index contributed by atoms with van der Waals surface area (Å²) in [5.41, 5.74) is 2.33. The van der Waals surface area contributed by atoms with Crippen LogP contribution in [0.15, 0.2) is 63.3 Å². The fourth-order valence-electron chi connectivity index (χ4n) is 4.13. The molecule has 0 spiro atoms. The first-order valence-electron chi connectivity index (χ1n) is 9.91. The number of amidine groups is 1. The Morgan fingerprint density at radius 1 is 0.963 bits per heavy atom. The summed E-state index contributed by atoms with van der Waals surface area (Å²) in [5, 5.41) is 0. The second kappa shape index (κ2) is 7.66. The van der Waals surface area contributed by atoms with Crippen LogP contribution in [-0.2, 0) is 4.74 Å². The number of aliphatic imine (C=N–C) groups is 1. The molecule has 0 N–H and O–H groups in total. The Morgan fingerprint density at radius 2 is 1.74 bits per heavy atom. The number of nitrogens with zero attached hydrogens (tertiary/aromatic N) is 3. The van der Waals surface area contributed by atoms with Crippen LogP contribution < -0.4 is 0 Å². The van der Waals surface area contributed by atoms with Gasteiger partial charge in [-0.15, -0.1) is 0 Å². The smallest absolute Gasteiger partial charge is 0.137 e. The molecule has 3 aliphatic heterocycles. The Labute approximate surface area is 165 Å². The van der Waals surface area contributed by atoms with E-state index in [1.165, 1.54) is 28.2 Å². The van der Waals surface area contributed by atoms with Crippen molar-refractivity contribution < 1.29 is 4.74 Å². The lowest BCUT2D eigenvalue weighted by atomic mass is 10.1. The topological polar surface area (TPSA) is 28.1 Å². The minimum atomic E-state index is 0.441. The normalized spacial score (nSPS) is 22.7. The van der Waals surface area contributed by atoms with Gasteiger partial charge in [-0.1, -0.05) is 42.1 Å². The Bertz CT molecular complexity index is 839. The molecule has 2 fully saturated rings. The second-order valence-electron chi connectivity index (χ2n) is 7.42. The van der Waals surface area contributed by atoms with Gasteiger partial charge < -0.3 is 9.64 Å². The Balaban J connectivity index is 1.38. The van der Waals surface area contributed by atoms with Crippen molar-refractivity contribution in [3.63, 3.8) is 0 Å². The molecule has 0 bridgehead atoms. The monoisotopic (exact) mass is 379 g/mol. The van der Waals surface area contributed by atoms with Crippen LogP contribution in [0.3, 0.4) is 0 Å². The molecule has 0 aromatic heterocycles. The van der Waals surface area contributed by atoms with Crippen LogP contribution in [0.25, 0.3) is 0 Å². The first-order valence-corrected chi connectivity index (χ1v) is 10.7. The summed E-state index contributed by atoms with van der Waals surface area (Å²) >= 11 is 1.82. The molecule has 1 atom stereocenters. The molecule has 2 aromatic rings. The highest BCUT2D eigenvalue weighted by molar-refractivity contribution is 7.99. The molecule has 140 valence electrons. The van der Waals surface area contributed by atoms with Crippen LogP contribution in [0.4, 0.5) is 5.69 Å². The van der Waals surface area contributed by atoms with Gasteiger partial charge in [0.25, 0.3) is 0 Å². The highest BCUT2D eigenvalue weighted by Crippen LogP contribution is 2.40. The third-order valence-electron chi connectivity index (χ3n) is 5.60. The van der Waals surface area contributed by atoms with Crippen molar-refractivity contribution >= 4 is 23.3 Å². The van der Waals surface area contributed by atoms with Gasteiger partial charge in [0, 0.05) is 54.7 Å². The molecule has 4 nitrogen and oxygen atoms in total. The SMILES string of the molecule is c1ccc2c(c1)N=C(N1CCN(CC3CCCO3)CC1)c1ccccc1S2. The second-order valence-corrected chi connectivity index (χ2v) is 8.51. The first-order chi connectivity index (χ1) is 13.4. The zero-order valence-corrected chi connectivity index (χ0v) is 16.3. The van der Waals surface area contributed by atoms with E-state index < -0.39 is 0 Å². The molecule has 1 unspecified atom stereocenters. The lowest BCUT2D eigenvalue weighted by Gasteiger charge is -2.37. The number of ether oxygens (including phenoxy) is 1. The maximum Gasteiger partial charge on any atom is 0.137 e. The van der Waals surface area contributed by atoms with Crippen molar-refractivity contribution in [3.05, 3.63) is 54.1 Å². The maximum absolute atomic E-state index is 5.82. The van der Waals surface area contributed by atoms with E-state index in [0.717, 1.165) is 50.9 Å². The van der Waals surface area contributed by atoms with Gasteiger partial charge in [0.1, 0.15) is 5.84 Å². The quantitative estimate of drug-likeness (QED) is 0.788. The lowest BCUT2D eigenvalue weighted by Crippen LogP contribution is -2.50.